The second-order valence-corrected chi connectivity index (χ2v) is 4.80. The summed E-state index contributed by atoms with van der Waals surface area (Å²) in [7, 11) is 0. The summed E-state index contributed by atoms with van der Waals surface area (Å²) in [5, 5.41) is 12.7. The van der Waals surface area contributed by atoms with Gasteiger partial charge < -0.3 is 16.2 Å². The Morgan fingerprint density at radius 1 is 1.20 bits per heavy atom. The second-order valence-electron chi connectivity index (χ2n) is 4.80. The van der Waals surface area contributed by atoms with Crippen LogP contribution >= 0.6 is 0 Å². The molecule has 2 aromatic carbocycles. The van der Waals surface area contributed by atoms with Crippen molar-refractivity contribution < 1.29 is 9.90 Å². The quantitative estimate of drug-likeness (QED) is 0.802. The average molecular weight is 270 g/mol. The van der Waals surface area contributed by atoms with E-state index in [0.717, 1.165) is 5.56 Å². The van der Waals surface area contributed by atoms with Gasteiger partial charge in [-0.25, -0.2) is 0 Å². The molecule has 104 valence electrons. The van der Waals surface area contributed by atoms with E-state index in [-0.39, 0.29) is 23.3 Å². The van der Waals surface area contributed by atoms with Crippen molar-refractivity contribution in [3.63, 3.8) is 0 Å². The molecule has 0 saturated heterocycles. The van der Waals surface area contributed by atoms with Crippen molar-refractivity contribution in [3.05, 3.63) is 59.2 Å². The fourth-order valence-corrected chi connectivity index (χ4v) is 2.04. The Morgan fingerprint density at radius 3 is 2.60 bits per heavy atom. The number of nitrogens with one attached hydrogen (secondary N) is 1. The summed E-state index contributed by atoms with van der Waals surface area (Å²) in [4.78, 5) is 12.3. The molecule has 0 fully saturated rings. The molecule has 0 aliphatic carbocycles. The molecule has 2 aromatic rings. The van der Waals surface area contributed by atoms with Gasteiger partial charge in [0.15, 0.2) is 0 Å². The molecule has 0 aromatic heterocycles. The van der Waals surface area contributed by atoms with E-state index in [9.17, 15) is 9.90 Å². The standard InChI is InChI=1S/C16H18N2O2/c1-10-6-5-8-13(15(10)19)16(20)18-14-9-4-3-7-12(14)11(2)17/h3-9,11,19H,17H2,1-2H3,(H,18,20). The number of aryl methyl sites for hydroxylation is 1. The number of nitrogens with two attached hydrogens (primary N) is 1. The highest BCUT2D eigenvalue weighted by Crippen LogP contribution is 2.25. The third-order valence-corrected chi connectivity index (χ3v) is 3.18. The van der Waals surface area contributed by atoms with Gasteiger partial charge in [-0.2, -0.15) is 0 Å². The number of aromatic hydroxyl groups is 1. The Morgan fingerprint density at radius 2 is 1.90 bits per heavy atom. The van der Waals surface area contributed by atoms with Gasteiger partial charge in [-0.1, -0.05) is 30.3 Å². The van der Waals surface area contributed by atoms with Crippen molar-refractivity contribution in [2.45, 2.75) is 19.9 Å². The molecule has 0 spiro atoms. The first kappa shape index (κ1) is 14.1. The molecule has 0 heterocycles. The highest BCUT2D eigenvalue weighted by atomic mass is 16.3. The van der Waals surface area contributed by atoms with Crippen LogP contribution in [0.5, 0.6) is 5.75 Å². The van der Waals surface area contributed by atoms with Crippen molar-refractivity contribution in [3.8, 4) is 5.75 Å². The number of benzene rings is 2. The first-order valence-corrected chi connectivity index (χ1v) is 6.45. The van der Waals surface area contributed by atoms with Crippen LogP contribution < -0.4 is 11.1 Å². The van der Waals surface area contributed by atoms with E-state index in [0.29, 0.717) is 11.3 Å². The highest BCUT2D eigenvalue weighted by molar-refractivity contribution is 6.06. The topological polar surface area (TPSA) is 75.4 Å². The van der Waals surface area contributed by atoms with Gasteiger partial charge in [0.2, 0.25) is 0 Å². The molecule has 4 nitrogen and oxygen atoms in total. The lowest BCUT2D eigenvalue weighted by Gasteiger charge is -2.14. The number of phenolic OH excluding ortho intramolecular Hbond substituents is 1. The number of hydrogen-bond donors (Lipinski definition) is 3. The van der Waals surface area contributed by atoms with Gasteiger partial charge in [0.1, 0.15) is 5.75 Å². The third kappa shape index (κ3) is 2.81. The van der Waals surface area contributed by atoms with Gasteiger partial charge in [-0.15, -0.1) is 0 Å². The van der Waals surface area contributed by atoms with Crippen molar-refractivity contribution in [2.75, 3.05) is 5.32 Å². The van der Waals surface area contributed by atoms with Gasteiger partial charge in [0.05, 0.1) is 5.56 Å². The largest absolute Gasteiger partial charge is 0.507 e. The number of hydrogen-bond acceptors (Lipinski definition) is 3. The SMILES string of the molecule is Cc1cccc(C(=O)Nc2ccccc2C(C)N)c1O. The first-order chi connectivity index (χ1) is 9.50. The Kier molecular flexibility index (Phi) is 4.05. The monoisotopic (exact) mass is 270 g/mol. The maximum Gasteiger partial charge on any atom is 0.259 e. The molecular formula is C16H18N2O2. The molecule has 4 N–H and O–H groups in total. The molecule has 0 aliphatic heterocycles. The van der Waals surface area contributed by atoms with Gasteiger partial charge >= 0.3 is 0 Å². The summed E-state index contributed by atoms with van der Waals surface area (Å²) in [6, 6.07) is 12.3. The summed E-state index contributed by atoms with van der Waals surface area (Å²) in [5.41, 5.74) is 8.32. The predicted molar refractivity (Wildman–Crippen MR) is 79.8 cm³/mol. The van der Waals surface area contributed by atoms with Gasteiger partial charge in [0.25, 0.3) is 5.91 Å². The zero-order chi connectivity index (χ0) is 14.7. The number of amides is 1. The predicted octanol–water partition coefficient (Wildman–Crippen LogP) is 2.97. The number of phenols is 1. The number of anilines is 1. The summed E-state index contributed by atoms with van der Waals surface area (Å²) in [5.74, 6) is -0.345. The normalized spacial score (nSPS) is 11.9. The van der Waals surface area contributed by atoms with Crippen LogP contribution in [0.1, 0.15) is 34.5 Å². The Hall–Kier alpha value is -2.33. The van der Waals surface area contributed by atoms with Crippen LogP contribution in [0.15, 0.2) is 42.5 Å². The Labute approximate surface area is 118 Å². The van der Waals surface area contributed by atoms with E-state index >= 15 is 0 Å². The third-order valence-electron chi connectivity index (χ3n) is 3.18. The van der Waals surface area contributed by atoms with Crippen LogP contribution in [0.4, 0.5) is 5.69 Å². The lowest BCUT2D eigenvalue weighted by Crippen LogP contribution is -2.16. The maximum atomic E-state index is 12.3. The van der Waals surface area contributed by atoms with Crippen LogP contribution in [-0.4, -0.2) is 11.0 Å². The molecule has 1 unspecified atom stereocenters. The number of carbonyl (C=O) groups excluding carboxylic acids is 1. The average Bonchev–Trinajstić information content (AvgIpc) is 2.42. The molecule has 1 amide bonds. The maximum absolute atomic E-state index is 12.3. The molecule has 0 aliphatic rings. The first-order valence-electron chi connectivity index (χ1n) is 6.45. The van der Waals surface area contributed by atoms with E-state index in [1.54, 1.807) is 31.2 Å². The van der Waals surface area contributed by atoms with E-state index in [1.807, 2.05) is 25.1 Å². The minimum Gasteiger partial charge on any atom is -0.507 e. The molecular weight excluding hydrogens is 252 g/mol. The van der Waals surface area contributed by atoms with Crippen LogP contribution in [0, 0.1) is 6.92 Å². The number of para-hydroxylation sites is 2. The summed E-state index contributed by atoms with van der Waals surface area (Å²) in [6.07, 6.45) is 0. The van der Waals surface area contributed by atoms with Crippen molar-refractivity contribution in [1.29, 1.82) is 0 Å². The zero-order valence-corrected chi connectivity index (χ0v) is 11.6. The lowest BCUT2D eigenvalue weighted by molar-refractivity contribution is 0.102. The van der Waals surface area contributed by atoms with E-state index in [2.05, 4.69) is 5.32 Å². The summed E-state index contributed by atoms with van der Waals surface area (Å²) < 4.78 is 0. The molecule has 1 atom stereocenters. The fraction of sp³-hybridized carbons (Fsp3) is 0.188. The molecule has 0 bridgehead atoms. The Balaban J connectivity index is 2.31. The van der Waals surface area contributed by atoms with E-state index in [4.69, 9.17) is 5.73 Å². The number of carbonyl (C=O) groups is 1. The van der Waals surface area contributed by atoms with Crippen molar-refractivity contribution >= 4 is 11.6 Å². The van der Waals surface area contributed by atoms with Gasteiger partial charge in [-0.3, -0.25) is 4.79 Å². The molecule has 0 saturated carbocycles. The number of rotatable bonds is 3. The van der Waals surface area contributed by atoms with Crippen LogP contribution in [0.3, 0.4) is 0 Å². The molecule has 20 heavy (non-hydrogen) atoms. The smallest absolute Gasteiger partial charge is 0.259 e. The van der Waals surface area contributed by atoms with Crippen LogP contribution in [-0.2, 0) is 0 Å². The molecule has 0 radical (unpaired) electrons. The van der Waals surface area contributed by atoms with Crippen molar-refractivity contribution in [2.24, 2.45) is 5.73 Å². The minimum atomic E-state index is -0.348. The second kappa shape index (κ2) is 5.75. The summed E-state index contributed by atoms with van der Waals surface area (Å²) in [6.45, 7) is 3.61. The molecule has 2 rings (SSSR count). The summed E-state index contributed by atoms with van der Waals surface area (Å²) >= 11 is 0. The van der Waals surface area contributed by atoms with Crippen LogP contribution in [0.2, 0.25) is 0 Å². The van der Waals surface area contributed by atoms with Gasteiger partial charge in [-0.05, 0) is 37.1 Å². The van der Waals surface area contributed by atoms with Gasteiger partial charge in [0, 0.05) is 11.7 Å². The van der Waals surface area contributed by atoms with E-state index < -0.39 is 0 Å². The fourth-order valence-electron chi connectivity index (χ4n) is 2.04. The van der Waals surface area contributed by atoms with Crippen LogP contribution in [0.25, 0.3) is 0 Å². The lowest BCUT2D eigenvalue weighted by atomic mass is 10.1. The highest BCUT2D eigenvalue weighted by Gasteiger charge is 2.14. The van der Waals surface area contributed by atoms with E-state index in [1.165, 1.54) is 0 Å². The zero-order valence-electron chi connectivity index (χ0n) is 11.6. The van der Waals surface area contributed by atoms with Crippen molar-refractivity contribution in [1.82, 2.24) is 0 Å². The Bertz CT molecular complexity index is 636. The molecule has 4 heteroatoms. The minimum absolute atomic E-state index is 0.00304.